The zero-order valence-corrected chi connectivity index (χ0v) is 12.2. The second-order valence-corrected chi connectivity index (χ2v) is 4.78. The van der Waals surface area contributed by atoms with Gasteiger partial charge in [0.2, 0.25) is 11.8 Å². The number of nitrogens with one attached hydrogen (secondary N) is 2. The van der Waals surface area contributed by atoms with E-state index in [4.69, 9.17) is 5.73 Å². The molecule has 1 rings (SSSR count). The maximum absolute atomic E-state index is 13.3. The molecule has 0 aliphatic carbocycles. The fraction of sp³-hybridized carbons (Fsp3) is 0.467. The van der Waals surface area contributed by atoms with E-state index in [9.17, 15) is 14.0 Å². The first-order valence-corrected chi connectivity index (χ1v) is 7.16. The highest BCUT2D eigenvalue weighted by molar-refractivity contribution is 5.99. The van der Waals surface area contributed by atoms with Gasteiger partial charge in [0.05, 0.1) is 11.4 Å². The van der Waals surface area contributed by atoms with E-state index < -0.39 is 5.82 Å². The number of nitrogens with two attached hydrogens (primary N) is 1. The fourth-order valence-corrected chi connectivity index (χ4v) is 1.75. The molecule has 2 amide bonds. The number of hydrogen-bond acceptors (Lipinski definition) is 3. The van der Waals surface area contributed by atoms with E-state index in [0.717, 1.165) is 12.8 Å². The molecule has 0 unspecified atom stereocenters. The van der Waals surface area contributed by atoms with Crippen molar-refractivity contribution in [3.63, 3.8) is 0 Å². The Morgan fingerprint density at radius 1 is 1.10 bits per heavy atom. The lowest BCUT2D eigenvalue weighted by Crippen LogP contribution is -2.17. The number of rotatable bonds is 8. The third kappa shape index (κ3) is 6.35. The average Bonchev–Trinajstić information content (AvgIpc) is 2.45. The highest BCUT2D eigenvalue weighted by Crippen LogP contribution is 2.23. The molecule has 0 aliphatic rings. The lowest BCUT2D eigenvalue weighted by molar-refractivity contribution is -0.117. The molecule has 21 heavy (non-hydrogen) atoms. The predicted molar refractivity (Wildman–Crippen MR) is 81.5 cm³/mol. The molecule has 0 spiro atoms. The Morgan fingerprint density at radius 2 is 1.71 bits per heavy atom. The van der Waals surface area contributed by atoms with Crippen molar-refractivity contribution in [3.05, 3.63) is 24.0 Å². The van der Waals surface area contributed by atoms with Crippen LogP contribution in [0.3, 0.4) is 0 Å². The van der Waals surface area contributed by atoms with Gasteiger partial charge in [-0.3, -0.25) is 9.59 Å². The molecular formula is C15H22FN3O2. The van der Waals surface area contributed by atoms with Crippen molar-refractivity contribution in [1.29, 1.82) is 0 Å². The van der Waals surface area contributed by atoms with E-state index in [0.29, 0.717) is 25.1 Å². The quantitative estimate of drug-likeness (QED) is 0.689. The lowest BCUT2D eigenvalue weighted by Gasteiger charge is -2.12. The first-order chi connectivity index (χ1) is 10.1. The molecule has 0 atom stereocenters. The standard InChI is InChI=1S/C15H22FN3O2/c1-2-3-5-14(20)18-12-8-7-11(16)10-13(12)19-15(21)6-4-9-17/h7-8,10H,2-6,9,17H2,1H3,(H,18,20)(H,19,21). The first kappa shape index (κ1) is 17.1. The summed E-state index contributed by atoms with van der Waals surface area (Å²) >= 11 is 0. The number of carbonyl (C=O) groups excluding carboxylic acids is 2. The van der Waals surface area contributed by atoms with Crippen LogP contribution in [0.4, 0.5) is 15.8 Å². The molecule has 5 nitrogen and oxygen atoms in total. The van der Waals surface area contributed by atoms with Gasteiger partial charge in [0.25, 0.3) is 0 Å². The van der Waals surface area contributed by atoms with Crippen LogP contribution in [-0.4, -0.2) is 18.4 Å². The summed E-state index contributed by atoms with van der Waals surface area (Å²) in [6.45, 7) is 2.41. The molecule has 4 N–H and O–H groups in total. The Hall–Kier alpha value is -1.95. The summed E-state index contributed by atoms with van der Waals surface area (Å²) in [5.74, 6) is -0.883. The predicted octanol–water partition coefficient (Wildman–Crippen LogP) is 2.63. The van der Waals surface area contributed by atoms with Crippen LogP contribution < -0.4 is 16.4 Å². The Kier molecular flexibility index (Phi) is 7.39. The van der Waals surface area contributed by atoms with Gasteiger partial charge in [-0.05, 0) is 37.6 Å². The smallest absolute Gasteiger partial charge is 0.224 e. The highest BCUT2D eigenvalue weighted by Gasteiger charge is 2.10. The summed E-state index contributed by atoms with van der Waals surface area (Å²) < 4.78 is 13.3. The minimum Gasteiger partial charge on any atom is -0.330 e. The fourth-order valence-electron chi connectivity index (χ4n) is 1.75. The molecule has 0 radical (unpaired) electrons. The Bertz CT molecular complexity index is 492. The van der Waals surface area contributed by atoms with E-state index in [-0.39, 0.29) is 23.9 Å². The number of amides is 2. The molecule has 6 heteroatoms. The number of halogens is 1. The summed E-state index contributed by atoms with van der Waals surface area (Å²) in [5.41, 5.74) is 6.01. The van der Waals surface area contributed by atoms with Crippen molar-refractivity contribution in [2.24, 2.45) is 5.73 Å². The van der Waals surface area contributed by atoms with Gasteiger partial charge in [-0.1, -0.05) is 13.3 Å². The molecule has 0 aromatic heterocycles. The molecular weight excluding hydrogens is 273 g/mol. The van der Waals surface area contributed by atoms with Crippen LogP contribution in [0.5, 0.6) is 0 Å². The Labute approximate surface area is 124 Å². The molecule has 0 saturated carbocycles. The van der Waals surface area contributed by atoms with Gasteiger partial charge in [0.1, 0.15) is 5.82 Å². The van der Waals surface area contributed by atoms with Crippen LogP contribution in [0.25, 0.3) is 0 Å². The van der Waals surface area contributed by atoms with E-state index >= 15 is 0 Å². The van der Waals surface area contributed by atoms with Gasteiger partial charge in [-0.15, -0.1) is 0 Å². The second-order valence-electron chi connectivity index (χ2n) is 4.78. The minimum absolute atomic E-state index is 0.152. The van der Waals surface area contributed by atoms with Crippen LogP contribution >= 0.6 is 0 Å². The topological polar surface area (TPSA) is 84.2 Å². The number of anilines is 2. The zero-order valence-electron chi connectivity index (χ0n) is 12.2. The van der Waals surface area contributed by atoms with Crippen molar-refractivity contribution in [3.8, 4) is 0 Å². The summed E-state index contributed by atoms with van der Waals surface area (Å²) in [4.78, 5) is 23.4. The molecule has 0 heterocycles. The monoisotopic (exact) mass is 295 g/mol. The summed E-state index contributed by atoms with van der Waals surface area (Å²) in [5, 5.41) is 5.29. The largest absolute Gasteiger partial charge is 0.330 e. The molecule has 116 valence electrons. The van der Waals surface area contributed by atoms with E-state index in [1.165, 1.54) is 18.2 Å². The van der Waals surface area contributed by atoms with Crippen molar-refractivity contribution < 1.29 is 14.0 Å². The Balaban J connectivity index is 2.74. The molecule has 0 fully saturated rings. The maximum atomic E-state index is 13.3. The second kappa shape index (κ2) is 9.07. The van der Waals surface area contributed by atoms with Gasteiger partial charge < -0.3 is 16.4 Å². The Morgan fingerprint density at radius 3 is 2.33 bits per heavy atom. The lowest BCUT2D eigenvalue weighted by atomic mass is 10.2. The molecule has 0 bridgehead atoms. The van der Waals surface area contributed by atoms with Crippen LogP contribution in [0.15, 0.2) is 18.2 Å². The molecule has 1 aromatic rings. The number of unbranched alkanes of at least 4 members (excludes halogenated alkanes) is 1. The normalized spacial score (nSPS) is 10.2. The average molecular weight is 295 g/mol. The zero-order chi connectivity index (χ0) is 15.7. The van der Waals surface area contributed by atoms with Gasteiger partial charge >= 0.3 is 0 Å². The van der Waals surface area contributed by atoms with E-state index in [1.54, 1.807) is 0 Å². The number of hydrogen-bond donors (Lipinski definition) is 3. The van der Waals surface area contributed by atoms with E-state index in [2.05, 4.69) is 10.6 Å². The minimum atomic E-state index is -0.476. The number of benzene rings is 1. The van der Waals surface area contributed by atoms with Crippen LogP contribution in [0, 0.1) is 5.82 Å². The van der Waals surface area contributed by atoms with Crippen molar-refractivity contribution in [2.75, 3.05) is 17.2 Å². The third-order valence-electron chi connectivity index (χ3n) is 2.90. The number of carbonyl (C=O) groups is 2. The first-order valence-electron chi connectivity index (χ1n) is 7.16. The maximum Gasteiger partial charge on any atom is 0.224 e. The van der Waals surface area contributed by atoms with Crippen molar-refractivity contribution >= 4 is 23.2 Å². The summed E-state index contributed by atoms with van der Waals surface area (Å²) in [7, 11) is 0. The van der Waals surface area contributed by atoms with Crippen LogP contribution in [0.1, 0.15) is 39.0 Å². The highest BCUT2D eigenvalue weighted by atomic mass is 19.1. The molecule has 1 aromatic carbocycles. The van der Waals surface area contributed by atoms with Gasteiger partial charge in [-0.2, -0.15) is 0 Å². The van der Waals surface area contributed by atoms with Crippen LogP contribution in [-0.2, 0) is 9.59 Å². The molecule has 0 saturated heterocycles. The van der Waals surface area contributed by atoms with Crippen LogP contribution in [0.2, 0.25) is 0 Å². The van der Waals surface area contributed by atoms with Gasteiger partial charge in [0, 0.05) is 12.8 Å². The van der Waals surface area contributed by atoms with Crippen molar-refractivity contribution in [2.45, 2.75) is 39.0 Å². The van der Waals surface area contributed by atoms with Gasteiger partial charge in [0.15, 0.2) is 0 Å². The SMILES string of the molecule is CCCCC(=O)Nc1ccc(F)cc1NC(=O)CCCN. The summed E-state index contributed by atoms with van der Waals surface area (Å²) in [6.07, 6.45) is 2.91. The van der Waals surface area contributed by atoms with Crippen molar-refractivity contribution in [1.82, 2.24) is 0 Å². The van der Waals surface area contributed by atoms with E-state index in [1.807, 2.05) is 6.92 Å². The van der Waals surface area contributed by atoms with Gasteiger partial charge in [-0.25, -0.2) is 4.39 Å². The summed E-state index contributed by atoms with van der Waals surface area (Å²) in [6, 6.07) is 3.87. The molecule has 0 aliphatic heterocycles. The third-order valence-corrected chi connectivity index (χ3v) is 2.90.